The molecule has 1 aliphatic heterocycles. The molecule has 1 aromatic heterocycles. The number of hydrogen-bond acceptors (Lipinski definition) is 5. The Balaban J connectivity index is 2.17. The average Bonchev–Trinajstić information content (AvgIpc) is 2.38. The monoisotopic (exact) mass is 257 g/mol. The summed E-state index contributed by atoms with van der Waals surface area (Å²) in [4.78, 5) is 15.6. The highest BCUT2D eigenvalue weighted by Crippen LogP contribution is 2.45. The van der Waals surface area contributed by atoms with Crippen molar-refractivity contribution in [2.24, 2.45) is 0 Å². The van der Waals surface area contributed by atoms with Crippen molar-refractivity contribution in [3.05, 3.63) is 47.8 Å². The van der Waals surface area contributed by atoms with Crippen LogP contribution in [-0.2, 0) is 4.79 Å². The van der Waals surface area contributed by atoms with Gasteiger partial charge >= 0.3 is 5.97 Å². The predicted molar refractivity (Wildman–Crippen MR) is 66.1 cm³/mol. The van der Waals surface area contributed by atoms with E-state index in [-0.39, 0.29) is 35.6 Å². The van der Waals surface area contributed by atoms with Crippen LogP contribution in [0.1, 0.15) is 23.5 Å². The van der Waals surface area contributed by atoms with Crippen LogP contribution in [0.5, 0.6) is 17.2 Å². The summed E-state index contributed by atoms with van der Waals surface area (Å²) in [5.41, 5.74) is 1.39. The molecule has 3 rings (SSSR count). The molecule has 0 amide bonds. The first-order chi connectivity index (χ1) is 9.15. The summed E-state index contributed by atoms with van der Waals surface area (Å²) in [6.45, 7) is 0. The Morgan fingerprint density at radius 2 is 1.95 bits per heavy atom. The fraction of sp³-hybridized carbons (Fsp3) is 0.143. The molecule has 96 valence electrons. The summed E-state index contributed by atoms with van der Waals surface area (Å²) in [7, 11) is 0. The Labute approximate surface area is 109 Å². The summed E-state index contributed by atoms with van der Waals surface area (Å²) >= 11 is 0. The SMILES string of the molecule is O=C1C[C@@H](c2ccncc2)c2c(O)cc(O)cc2O1. The molecule has 1 aliphatic rings. The first-order valence-corrected chi connectivity index (χ1v) is 5.81. The van der Waals surface area contributed by atoms with Crippen LogP contribution in [0.3, 0.4) is 0 Å². The molecule has 0 aliphatic carbocycles. The van der Waals surface area contributed by atoms with Crippen molar-refractivity contribution in [1.82, 2.24) is 4.98 Å². The fourth-order valence-corrected chi connectivity index (χ4v) is 2.35. The van der Waals surface area contributed by atoms with E-state index < -0.39 is 0 Å². The summed E-state index contributed by atoms with van der Waals surface area (Å²) in [6.07, 6.45) is 3.41. The van der Waals surface area contributed by atoms with Crippen LogP contribution in [0.25, 0.3) is 0 Å². The number of aromatic nitrogens is 1. The maximum atomic E-state index is 11.6. The minimum absolute atomic E-state index is 0.0793. The number of benzene rings is 1. The van der Waals surface area contributed by atoms with Crippen LogP contribution in [0.4, 0.5) is 0 Å². The van der Waals surface area contributed by atoms with Crippen LogP contribution in [0.2, 0.25) is 0 Å². The van der Waals surface area contributed by atoms with Gasteiger partial charge in [-0.15, -0.1) is 0 Å². The molecule has 2 N–H and O–H groups in total. The molecule has 1 aromatic carbocycles. The maximum Gasteiger partial charge on any atom is 0.312 e. The van der Waals surface area contributed by atoms with Gasteiger partial charge in [0.2, 0.25) is 0 Å². The number of phenolic OH excluding ortho intramolecular Hbond substituents is 2. The molecule has 19 heavy (non-hydrogen) atoms. The summed E-state index contributed by atoms with van der Waals surface area (Å²) in [6, 6.07) is 6.16. The van der Waals surface area contributed by atoms with Gasteiger partial charge in [0.1, 0.15) is 17.2 Å². The number of aromatic hydroxyl groups is 2. The highest BCUT2D eigenvalue weighted by Gasteiger charge is 2.31. The molecule has 1 atom stereocenters. The quantitative estimate of drug-likeness (QED) is 0.602. The lowest BCUT2D eigenvalue weighted by Crippen LogP contribution is -2.21. The van der Waals surface area contributed by atoms with Gasteiger partial charge in [0.15, 0.2) is 0 Å². The van der Waals surface area contributed by atoms with Crippen molar-refractivity contribution >= 4 is 5.97 Å². The van der Waals surface area contributed by atoms with Gasteiger partial charge in [-0.3, -0.25) is 9.78 Å². The lowest BCUT2D eigenvalue weighted by atomic mass is 9.86. The molecule has 0 unspecified atom stereocenters. The maximum absolute atomic E-state index is 11.6. The zero-order valence-electron chi connectivity index (χ0n) is 9.91. The number of nitrogens with zero attached hydrogens (tertiary/aromatic N) is 1. The van der Waals surface area contributed by atoms with Gasteiger partial charge in [-0.2, -0.15) is 0 Å². The normalized spacial score (nSPS) is 17.7. The van der Waals surface area contributed by atoms with Crippen molar-refractivity contribution in [2.45, 2.75) is 12.3 Å². The van der Waals surface area contributed by atoms with E-state index in [1.807, 2.05) is 0 Å². The van der Waals surface area contributed by atoms with Gasteiger partial charge in [-0.1, -0.05) is 0 Å². The third-order valence-electron chi connectivity index (χ3n) is 3.16. The van der Waals surface area contributed by atoms with Gasteiger partial charge in [-0.05, 0) is 17.7 Å². The van der Waals surface area contributed by atoms with E-state index in [9.17, 15) is 15.0 Å². The smallest absolute Gasteiger partial charge is 0.312 e. The molecule has 2 heterocycles. The van der Waals surface area contributed by atoms with Crippen molar-refractivity contribution < 1.29 is 19.7 Å². The molecule has 0 saturated carbocycles. The molecular formula is C14H11NO4. The Hall–Kier alpha value is -2.56. The second kappa shape index (κ2) is 4.28. The van der Waals surface area contributed by atoms with E-state index in [2.05, 4.69) is 4.98 Å². The van der Waals surface area contributed by atoms with E-state index in [4.69, 9.17) is 4.74 Å². The lowest BCUT2D eigenvalue weighted by Gasteiger charge is -2.25. The van der Waals surface area contributed by atoms with Gasteiger partial charge < -0.3 is 14.9 Å². The number of esters is 1. The van der Waals surface area contributed by atoms with E-state index in [0.29, 0.717) is 5.56 Å². The molecule has 0 saturated heterocycles. The number of pyridine rings is 1. The number of hydrogen-bond donors (Lipinski definition) is 2. The van der Waals surface area contributed by atoms with Gasteiger partial charge in [0.05, 0.1) is 6.42 Å². The highest BCUT2D eigenvalue weighted by molar-refractivity contribution is 5.79. The predicted octanol–water partition coefficient (Wildman–Crippen LogP) is 1.93. The largest absolute Gasteiger partial charge is 0.508 e. The number of carbonyl (C=O) groups excluding carboxylic acids is 1. The number of phenols is 2. The van der Waals surface area contributed by atoms with Gasteiger partial charge in [0, 0.05) is 36.0 Å². The lowest BCUT2D eigenvalue weighted by molar-refractivity contribution is -0.135. The summed E-state index contributed by atoms with van der Waals surface area (Å²) < 4.78 is 5.07. The standard InChI is InChI=1S/C14H11NO4/c16-9-5-11(17)14-10(8-1-3-15-4-2-8)7-13(18)19-12(14)6-9/h1-6,10,16-17H,7H2/t10-/m0/s1. The second-order valence-electron chi connectivity index (χ2n) is 4.39. The first-order valence-electron chi connectivity index (χ1n) is 5.81. The summed E-state index contributed by atoms with van der Waals surface area (Å²) in [5, 5.41) is 19.4. The van der Waals surface area contributed by atoms with E-state index in [1.54, 1.807) is 24.5 Å². The zero-order chi connectivity index (χ0) is 13.4. The topological polar surface area (TPSA) is 79.7 Å². The van der Waals surface area contributed by atoms with Crippen LogP contribution in [-0.4, -0.2) is 21.2 Å². The third kappa shape index (κ3) is 1.99. The number of carbonyl (C=O) groups is 1. The van der Waals surface area contributed by atoms with Gasteiger partial charge in [-0.25, -0.2) is 0 Å². The second-order valence-corrected chi connectivity index (χ2v) is 4.39. The fourth-order valence-electron chi connectivity index (χ4n) is 2.35. The molecule has 5 heteroatoms. The van der Waals surface area contributed by atoms with E-state index in [0.717, 1.165) is 5.56 Å². The van der Waals surface area contributed by atoms with Crippen LogP contribution >= 0.6 is 0 Å². The van der Waals surface area contributed by atoms with E-state index >= 15 is 0 Å². The molecular weight excluding hydrogens is 246 g/mol. The zero-order valence-corrected chi connectivity index (χ0v) is 9.91. The Bertz CT molecular complexity index is 639. The van der Waals surface area contributed by atoms with Crippen LogP contribution in [0.15, 0.2) is 36.7 Å². The summed E-state index contributed by atoms with van der Waals surface area (Å²) in [5.74, 6) is -0.696. The molecule has 2 aromatic rings. The molecule has 0 radical (unpaired) electrons. The van der Waals surface area contributed by atoms with Crippen molar-refractivity contribution in [3.8, 4) is 17.2 Å². The van der Waals surface area contributed by atoms with Crippen LogP contribution < -0.4 is 4.74 Å². The minimum atomic E-state index is -0.390. The van der Waals surface area contributed by atoms with Crippen LogP contribution in [0, 0.1) is 0 Å². The average molecular weight is 257 g/mol. The number of ether oxygens (including phenoxy) is 1. The molecule has 0 fully saturated rings. The van der Waals surface area contributed by atoms with Crippen molar-refractivity contribution in [3.63, 3.8) is 0 Å². The third-order valence-corrected chi connectivity index (χ3v) is 3.16. The van der Waals surface area contributed by atoms with Crippen molar-refractivity contribution in [1.29, 1.82) is 0 Å². The Kier molecular flexibility index (Phi) is 2.59. The Morgan fingerprint density at radius 1 is 1.21 bits per heavy atom. The first kappa shape index (κ1) is 11.5. The highest BCUT2D eigenvalue weighted by atomic mass is 16.5. The Morgan fingerprint density at radius 3 is 2.68 bits per heavy atom. The van der Waals surface area contributed by atoms with Gasteiger partial charge in [0.25, 0.3) is 0 Å². The van der Waals surface area contributed by atoms with E-state index in [1.165, 1.54) is 12.1 Å². The minimum Gasteiger partial charge on any atom is -0.508 e. The van der Waals surface area contributed by atoms with Crippen molar-refractivity contribution in [2.75, 3.05) is 0 Å². The molecule has 0 spiro atoms. The molecule has 5 nitrogen and oxygen atoms in total. The molecule has 0 bridgehead atoms. The number of fused-ring (bicyclic) bond motifs is 1. The number of rotatable bonds is 1.